The Bertz CT molecular complexity index is 2810. The zero-order valence-electron chi connectivity index (χ0n) is 28.1. The smallest absolute Gasteiger partial charge is 0.296 e. The van der Waals surface area contributed by atoms with Gasteiger partial charge in [-0.15, -0.1) is 10.2 Å². The van der Waals surface area contributed by atoms with Crippen LogP contribution < -0.4 is 10.6 Å². The number of hydrogen-bond donors (Lipinski definition) is 7. The Balaban J connectivity index is 2.04. The van der Waals surface area contributed by atoms with Crippen LogP contribution in [0.4, 0.5) is 22.7 Å². The number of guanidine groups is 1. The molecule has 0 aromatic heterocycles. The Labute approximate surface area is 313 Å². The van der Waals surface area contributed by atoms with Crippen LogP contribution in [0.3, 0.4) is 0 Å². The fraction of sp³-hybridized carbons (Fsp3) is 0.133. The van der Waals surface area contributed by atoms with Crippen molar-refractivity contribution in [2.75, 3.05) is 5.32 Å². The number of azo groups is 1. The molecule has 0 saturated carbocycles. The van der Waals surface area contributed by atoms with E-state index in [4.69, 9.17) is 11.6 Å². The molecule has 0 aliphatic rings. The fourth-order valence-electron chi connectivity index (χ4n) is 4.79. The summed E-state index contributed by atoms with van der Waals surface area (Å²) < 4.78 is 137. The van der Waals surface area contributed by atoms with Gasteiger partial charge in [-0.2, -0.15) is 38.7 Å². The van der Waals surface area contributed by atoms with Gasteiger partial charge in [0.1, 0.15) is 37.1 Å². The molecule has 0 fully saturated rings. The van der Waals surface area contributed by atoms with Crippen LogP contribution in [0, 0.1) is 20.8 Å². The van der Waals surface area contributed by atoms with Crippen LogP contribution in [-0.4, -0.2) is 68.8 Å². The van der Waals surface area contributed by atoms with E-state index in [9.17, 15) is 57.0 Å². The minimum Gasteiger partial charge on any atom is -0.505 e. The molecule has 0 amide bonds. The van der Waals surface area contributed by atoms with Gasteiger partial charge in [-0.25, -0.2) is 4.99 Å². The molecule has 0 atom stereocenters. The number of aryl methyl sites for hydroxylation is 3. The highest BCUT2D eigenvalue weighted by molar-refractivity contribution is 7.86. The number of benzene rings is 4. The van der Waals surface area contributed by atoms with Crippen LogP contribution in [0.15, 0.2) is 100 Å². The van der Waals surface area contributed by atoms with Crippen molar-refractivity contribution < 1.29 is 57.0 Å². The van der Waals surface area contributed by atoms with E-state index >= 15 is 0 Å². The standard InChI is InChI=1S/C30H29ClN6O13S4/c1-14-6-7-21(24(8-14)52(42,43)44)33-18(5)34-30(32-17(4)31)35-23-13-20(51(39,40)41)11-19-12-26(54(48,49)50)28(29(38)27(19)23)37-36-22-9-15(2)16(3)10-25(22)53(45,46)47/h6-13,38H,4H2,1-3,5H3,(H,39,40,41)(H,42,43,44)(H,45,46,47)(H,48,49,50)(H2,32,33,34,35). The molecule has 0 saturated heterocycles. The lowest BCUT2D eigenvalue weighted by Gasteiger charge is -2.17. The van der Waals surface area contributed by atoms with Crippen LogP contribution in [0.25, 0.3) is 10.8 Å². The van der Waals surface area contributed by atoms with Gasteiger partial charge in [0.05, 0.1) is 16.3 Å². The number of aliphatic imine (C=N–C) groups is 2. The molecule has 0 radical (unpaired) electrons. The van der Waals surface area contributed by atoms with Crippen molar-refractivity contribution in [3.8, 4) is 5.75 Å². The van der Waals surface area contributed by atoms with E-state index in [1.165, 1.54) is 32.0 Å². The highest BCUT2D eigenvalue weighted by Crippen LogP contribution is 2.45. The summed E-state index contributed by atoms with van der Waals surface area (Å²) in [5, 5.41) is 22.8. The Morgan fingerprint density at radius 1 is 0.722 bits per heavy atom. The monoisotopic (exact) mass is 844 g/mol. The van der Waals surface area contributed by atoms with E-state index in [0.29, 0.717) is 22.8 Å². The van der Waals surface area contributed by atoms with Crippen LogP contribution in [0.5, 0.6) is 5.75 Å². The first-order valence-corrected chi connectivity index (χ1v) is 20.7. The molecule has 19 nitrogen and oxygen atoms in total. The van der Waals surface area contributed by atoms with E-state index < -0.39 is 99.6 Å². The quantitative estimate of drug-likeness (QED) is 0.0350. The minimum absolute atomic E-state index is 0.220. The van der Waals surface area contributed by atoms with E-state index in [1.54, 1.807) is 13.8 Å². The molecule has 0 bridgehead atoms. The minimum atomic E-state index is -5.32. The van der Waals surface area contributed by atoms with Crippen LogP contribution >= 0.6 is 11.6 Å². The predicted octanol–water partition coefficient (Wildman–Crippen LogP) is 5.69. The first-order chi connectivity index (χ1) is 24.7. The van der Waals surface area contributed by atoms with E-state index in [0.717, 1.165) is 24.3 Å². The first kappa shape index (κ1) is 41.9. The summed E-state index contributed by atoms with van der Waals surface area (Å²) in [6.07, 6.45) is 0. The maximum atomic E-state index is 12.5. The lowest BCUT2D eigenvalue weighted by atomic mass is 10.1. The molecule has 4 aromatic carbocycles. The van der Waals surface area contributed by atoms with Gasteiger partial charge in [-0.05, 0) is 92.2 Å². The molecule has 54 heavy (non-hydrogen) atoms. The number of phenolic OH excluding ortho intramolecular Hbond substituents is 1. The largest absolute Gasteiger partial charge is 0.505 e. The van der Waals surface area contributed by atoms with Gasteiger partial charge in [-0.1, -0.05) is 24.2 Å². The molecule has 24 heteroatoms. The van der Waals surface area contributed by atoms with Gasteiger partial charge in [0, 0.05) is 5.39 Å². The van der Waals surface area contributed by atoms with Crippen molar-refractivity contribution in [1.82, 2.24) is 5.32 Å². The number of rotatable bonds is 9. The van der Waals surface area contributed by atoms with Gasteiger partial charge in [-0.3, -0.25) is 18.2 Å². The second-order valence-corrected chi connectivity index (χ2v) is 17.4. The zero-order chi connectivity index (χ0) is 40.7. The van der Waals surface area contributed by atoms with Gasteiger partial charge in [0.15, 0.2) is 5.75 Å². The van der Waals surface area contributed by atoms with Crippen LogP contribution in [-0.2, 0) is 40.5 Å². The Kier molecular flexibility index (Phi) is 11.7. The van der Waals surface area contributed by atoms with Crippen molar-refractivity contribution in [3.05, 3.63) is 77.0 Å². The average Bonchev–Trinajstić information content (AvgIpc) is 3.00. The van der Waals surface area contributed by atoms with Crippen LogP contribution in [0.2, 0.25) is 0 Å². The lowest BCUT2D eigenvalue weighted by molar-refractivity contribution is 0.472. The number of anilines is 1. The molecule has 0 aliphatic carbocycles. The van der Waals surface area contributed by atoms with Crippen molar-refractivity contribution >= 4 is 97.4 Å². The lowest BCUT2D eigenvalue weighted by Crippen LogP contribution is -2.29. The molecule has 4 rings (SSSR count). The van der Waals surface area contributed by atoms with Crippen molar-refractivity contribution in [2.24, 2.45) is 20.2 Å². The van der Waals surface area contributed by atoms with E-state index in [1.807, 2.05) is 0 Å². The van der Waals surface area contributed by atoms with Gasteiger partial charge >= 0.3 is 0 Å². The summed E-state index contributed by atoms with van der Waals surface area (Å²) in [6.45, 7) is 9.42. The SMILES string of the molecule is C=C(Cl)NC(=NC(C)=Nc1ccc(C)cc1S(=O)(=O)O)Nc1cc(S(=O)(=O)O)cc2cc(S(=O)(=O)O)c(N=Nc3cc(C)c(C)cc3S(=O)(=O)O)c(O)c12. The van der Waals surface area contributed by atoms with E-state index in [2.05, 4.69) is 37.4 Å². The van der Waals surface area contributed by atoms with E-state index in [-0.39, 0.29) is 16.7 Å². The third-order valence-electron chi connectivity index (χ3n) is 7.27. The van der Waals surface area contributed by atoms with Crippen LogP contribution in [0.1, 0.15) is 23.6 Å². The number of halogens is 1. The van der Waals surface area contributed by atoms with Crippen molar-refractivity contribution in [3.63, 3.8) is 0 Å². The average molecular weight is 845 g/mol. The molecule has 0 spiro atoms. The van der Waals surface area contributed by atoms with Crippen molar-refractivity contribution in [2.45, 2.75) is 47.3 Å². The predicted molar refractivity (Wildman–Crippen MR) is 198 cm³/mol. The normalized spacial score (nSPS) is 13.4. The number of nitrogens with zero attached hydrogens (tertiary/aromatic N) is 4. The highest BCUT2D eigenvalue weighted by atomic mass is 35.5. The number of fused-ring (bicyclic) bond motifs is 1. The molecule has 7 N–H and O–H groups in total. The number of phenols is 1. The summed E-state index contributed by atoms with van der Waals surface area (Å²) >= 11 is 5.95. The summed E-state index contributed by atoms with van der Waals surface area (Å²) in [5.41, 5.74) is -0.835. The number of hydrogen-bond acceptors (Lipinski definition) is 12. The maximum absolute atomic E-state index is 12.5. The third-order valence-corrected chi connectivity index (χ3v) is 10.8. The summed E-state index contributed by atoms with van der Waals surface area (Å²) in [6, 6.07) is 8.34. The second-order valence-electron chi connectivity index (χ2n) is 11.4. The molecular formula is C30H29ClN6O13S4. The Hall–Kier alpha value is -4.85. The van der Waals surface area contributed by atoms with Gasteiger partial charge < -0.3 is 15.7 Å². The molecule has 4 aromatic rings. The first-order valence-electron chi connectivity index (χ1n) is 14.6. The summed E-state index contributed by atoms with van der Waals surface area (Å²) in [4.78, 5) is 4.95. The van der Waals surface area contributed by atoms with Gasteiger partial charge in [0.2, 0.25) is 5.96 Å². The third kappa shape index (κ3) is 9.82. The fourth-order valence-corrected chi connectivity index (χ4v) is 7.48. The van der Waals surface area contributed by atoms with Crippen molar-refractivity contribution in [1.29, 1.82) is 0 Å². The second kappa shape index (κ2) is 15.1. The zero-order valence-corrected chi connectivity index (χ0v) is 32.1. The molecule has 288 valence electrons. The molecular weight excluding hydrogens is 816 g/mol. The molecule has 0 aliphatic heterocycles. The Morgan fingerprint density at radius 3 is 1.85 bits per heavy atom. The highest BCUT2D eigenvalue weighted by Gasteiger charge is 2.27. The maximum Gasteiger partial charge on any atom is 0.296 e. The number of amidine groups is 1. The molecule has 0 unspecified atom stereocenters. The van der Waals surface area contributed by atoms with Gasteiger partial charge in [0.25, 0.3) is 40.5 Å². The summed E-state index contributed by atoms with van der Waals surface area (Å²) in [7, 11) is -20.1. The topological polar surface area (TPSA) is 311 Å². The Morgan fingerprint density at radius 2 is 1.30 bits per heavy atom. The summed E-state index contributed by atoms with van der Waals surface area (Å²) in [5.74, 6) is -1.76. The number of aromatic hydroxyl groups is 1. The number of nitrogens with one attached hydrogen (secondary N) is 2. The molecule has 0 heterocycles.